The maximum Gasteiger partial charge on any atom is 0.260 e. The largest absolute Gasteiger partial charge is 0.483 e. The molecular weight excluding hydrogens is 354 g/mol. The maximum absolute atomic E-state index is 12.5. The zero-order valence-electron chi connectivity index (χ0n) is 15.9. The summed E-state index contributed by atoms with van der Waals surface area (Å²) in [6.45, 7) is 3.75. The van der Waals surface area contributed by atoms with Gasteiger partial charge in [-0.3, -0.25) is 9.59 Å². The molecule has 1 aliphatic heterocycles. The van der Waals surface area contributed by atoms with Gasteiger partial charge < -0.3 is 14.6 Å². The molecule has 0 bridgehead atoms. The minimum Gasteiger partial charge on any atom is -0.483 e. The molecule has 1 aromatic heterocycles. The van der Waals surface area contributed by atoms with Gasteiger partial charge in [0.1, 0.15) is 11.6 Å². The Morgan fingerprint density at radius 3 is 2.68 bits per heavy atom. The molecule has 0 aliphatic carbocycles. The number of H-pyrrole nitrogens is 1. The lowest BCUT2D eigenvalue weighted by molar-refractivity contribution is -0.134. The molecule has 0 unspecified atom stereocenters. The molecule has 1 N–H and O–H groups in total. The molecule has 1 amide bonds. The van der Waals surface area contributed by atoms with E-state index in [4.69, 9.17) is 4.74 Å². The van der Waals surface area contributed by atoms with Crippen LogP contribution in [0.1, 0.15) is 19.8 Å². The first kappa shape index (κ1) is 18.2. The summed E-state index contributed by atoms with van der Waals surface area (Å²) < 4.78 is 5.83. The molecule has 1 fully saturated rings. The molecular formula is C22H23N3O3. The lowest BCUT2D eigenvalue weighted by Gasteiger charge is -2.30. The third kappa shape index (κ3) is 3.76. The quantitative estimate of drug-likeness (QED) is 0.757. The zero-order valence-corrected chi connectivity index (χ0v) is 15.9. The molecule has 1 saturated heterocycles. The number of rotatable bonds is 4. The van der Waals surface area contributed by atoms with Gasteiger partial charge in [0.2, 0.25) is 0 Å². The van der Waals surface area contributed by atoms with E-state index in [2.05, 4.69) is 16.9 Å². The van der Waals surface area contributed by atoms with Crippen molar-refractivity contribution in [2.45, 2.75) is 19.8 Å². The molecule has 2 heterocycles. The van der Waals surface area contributed by atoms with Crippen molar-refractivity contribution >= 4 is 16.8 Å². The van der Waals surface area contributed by atoms with Crippen LogP contribution in [0.5, 0.6) is 5.75 Å². The Morgan fingerprint density at radius 1 is 1.14 bits per heavy atom. The Balaban J connectivity index is 1.56. The van der Waals surface area contributed by atoms with Gasteiger partial charge >= 0.3 is 0 Å². The molecule has 3 aromatic rings. The number of benzene rings is 2. The third-order valence-corrected chi connectivity index (χ3v) is 5.24. The summed E-state index contributed by atoms with van der Waals surface area (Å²) in [7, 11) is 0. The van der Waals surface area contributed by atoms with Crippen LogP contribution in [0.25, 0.3) is 22.3 Å². The van der Waals surface area contributed by atoms with Crippen LogP contribution in [0, 0.1) is 5.92 Å². The van der Waals surface area contributed by atoms with Gasteiger partial charge in [0, 0.05) is 13.1 Å². The molecule has 1 aliphatic rings. The molecule has 28 heavy (non-hydrogen) atoms. The van der Waals surface area contributed by atoms with Crippen LogP contribution >= 0.6 is 0 Å². The number of carbonyl (C=O) groups excluding carboxylic acids is 1. The third-order valence-electron chi connectivity index (χ3n) is 5.24. The fourth-order valence-electron chi connectivity index (χ4n) is 3.49. The summed E-state index contributed by atoms with van der Waals surface area (Å²) in [4.78, 5) is 34.1. The van der Waals surface area contributed by atoms with Gasteiger partial charge in [0.15, 0.2) is 6.61 Å². The summed E-state index contributed by atoms with van der Waals surface area (Å²) in [5.41, 5.74) is 1.08. The smallest absolute Gasteiger partial charge is 0.260 e. The first-order valence-electron chi connectivity index (χ1n) is 9.61. The van der Waals surface area contributed by atoms with Crippen LogP contribution in [0.4, 0.5) is 0 Å². The molecule has 0 atom stereocenters. The number of aromatic amines is 1. The van der Waals surface area contributed by atoms with Gasteiger partial charge in [-0.05, 0) is 43.0 Å². The summed E-state index contributed by atoms with van der Waals surface area (Å²) in [6.07, 6.45) is 2.06. The van der Waals surface area contributed by atoms with Crippen molar-refractivity contribution in [3.05, 3.63) is 58.9 Å². The Bertz CT molecular complexity index is 1050. The van der Waals surface area contributed by atoms with Gasteiger partial charge in [-0.2, -0.15) is 0 Å². The van der Waals surface area contributed by atoms with E-state index in [1.165, 1.54) is 0 Å². The minimum absolute atomic E-state index is 0.0123. The number of piperidine rings is 1. The molecule has 0 spiro atoms. The second kappa shape index (κ2) is 7.84. The number of nitrogens with zero attached hydrogens (tertiary/aromatic N) is 2. The first-order chi connectivity index (χ1) is 13.6. The van der Waals surface area contributed by atoms with Crippen molar-refractivity contribution in [3.8, 4) is 17.1 Å². The molecule has 144 valence electrons. The number of amides is 1. The maximum atomic E-state index is 12.5. The van der Waals surface area contributed by atoms with E-state index < -0.39 is 0 Å². The SMILES string of the molecule is CC1CCN(C(=O)COc2ccccc2-c2nc3ccccc3c(=O)[nH]2)CC1. The van der Waals surface area contributed by atoms with Crippen molar-refractivity contribution in [2.24, 2.45) is 5.92 Å². The number of nitrogens with one attached hydrogen (secondary N) is 1. The molecule has 6 heteroatoms. The van der Waals surface area contributed by atoms with Crippen molar-refractivity contribution in [3.63, 3.8) is 0 Å². The Morgan fingerprint density at radius 2 is 1.86 bits per heavy atom. The normalized spacial score (nSPS) is 15.0. The fraction of sp³-hybridized carbons (Fsp3) is 0.318. The summed E-state index contributed by atoms with van der Waals surface area (Å²) in [5.74, 6) is 1.61. The summed E-state index contributed by atoms with van der Waals surface area (Å²) in [5, 5.41) is 0.541. The molecule has 0 radical (unpaired) electrons. The van der Waals surface area contributed by atoms with Gasteiger partial charge in [-0.25, -0.2) is 4.98 Å². The van der Waals surface area contributed by atoms with E-state index in [0.717, 1.165) is 25.9 Å². The lowest BCUT2D eigenvalue weighted by Crippen LogP contribution is -2.40. The number of carbonyl (C=O) groups is 1. The van der Waals surface area contributed by atoms with Gasteiger partial charge in [-0.15, -0.1) is 0 Å². The summed E-state index contributed by atoms with van der Waals surface area (Å²) in [6, 6.07) is 14.5. The van der Waals surface area contributed by atoms with Crippen LogP contribution in [0.3, 0.4) is 0 Å². The van der Waals surface area contributed by atoms with E-state index in [1.807, 2.05) is 35.2 Å². The van der Waals surface area contributed by atoms with Gasteiger partial charge in [0.25, 0.3) is 11.5 Å². The number of likely N-dealkylation sites (tertiary alicyclic amines) is 1. The predicted octanol–water partition coefficient (Wildman–Crippen LogP) is 3.23. The highest BCUT2D eigenvalue weighted by molar-refractivity contribution is 5.80. The average molecular weight is 377 g/mol. The molecule has 0 saturated carbocycles. The standard InChI is InChI=1S/C22H23N3O3/c1-15-10-12-25(13-11-15)20(26)14-28-19-9-5-3-7-17(19)21-23-18-8-4-2-6-16(18)22(27)24-21/h2-9,15H,10-14H2,1H3,(H,23,24,27). The predicted molar refractivity (Wildman–Crippen MR) is 108 cm³/mol. The Labute approximate surface area is 163 Å². The second-order valence-electron chi connectivity index (χ2n) is 7.28. The Kier molecular flexibility index (Phi) is 5.10. The minimum atomic E-state index is -0.200. The van der Waals surface area contributed by atoms with Crippen molar-refractivity contribution in [2.75, 3.05) is 19.7 Å². The highest BCUT2D eigenvalue weighted by atomic mass is 16.5. The van der Waals surface area contributed by atoms with Crippen LogP contribution < -0.4 is 10.3 Å². The van der Waals surface area contributed by atoms with E-state index >= 15 is 0 Å². The van der Waals surface area contributed by atoms with E-state index in [0.29, 0.717) is 34.0 Å². The number of hydrogen-bond donors (Lipinski definition) is 1. The number of hydrogen-bond acceptors (Lipinski definition) is 4. The summed E-state index contributed by atoms with van der Waals surface area (Å²) >= 11 is 0. The monoisotopic (exact) mass is 377 g/mol. The number of ether oxygens (including phenoxy) is 1. The van der Waals surface area contributed by atoms with Crippen molar-refractivity contribution < 1.29 is 9.53 Å². The highest BCUT2D eigenvalue weighted by Gasteiger charge is 2.21. The van der Waals surface area contributed by atoms with Crippen molar-refractivity contribution in [1.29, 1.82) is 0 Å². The number of fused-ring (bicyclic) bond motifs is 1. The Hall–Kier alpha value is -3.15. The molecule has 4 rings (SSSR count). The second-order valence-corrected chi connectivity index (χ2v) is 7.28. The van der Waals surface area contributed by atoms with Crippen molar-refractivity contribution in [1.82, 2.24) is 14.9 Å². The number of para-hydroxylation sites is 2. The van der Waals surface area contributed by atoms with Crippen LogP contribution in [-0.2, 0) is 4.79 Å². The zero-order chi connectivity index (χ0) is 19.5. The van der Waals surface area contributed by atoms with E-state index in [-0.39, 0.29) is 18.1 Å². The lowest BCUT2D eigenvalue weighted by atomic mass is 9.99. The van der Waals surface area contributed by atoms with Crippen LogP contribution in [-0.4, -0.2) is 40.5 Å². The highest BCUT2D eigenvalue weighted by Crippen LogP contribution is 2.27. The number of aromatic nitrogens is 2. The molecule has 2 aromatic carbocycles. The topological polar surface area (TPSA) is 75.3 Å². The van der Waals surface area contributed by atoms with E-state index in [9.17, 15) is 9.59 Å². The molecule has 6 nitrogen and oxygen atoms in total. The first-order valence-corrected chi connectivity index (χ1v) is 9.61. The van der Waals surface area contributed by atoms with Gasteiger partial charge in [-0.1, -0.05) is 31.2 Å². The van der Waals surface area contributed by atoms with Crippen LogP contribution in [0.15, 0.2) is 53.3 Å². The van der Waals surface area contributed by atoms with E-state index in [1.54, 1.807) is 18.2 Å². The average Bonchev–Trinajstić information content (AvgIpc) is 2.73. The fourth-order valence-corrected chi connectivity index (χ4v) is 3.49. The van der Waals surface area contributed by atoms with Crippen LogP contribution in [0.2, 0.25) is 0 Å². The van der Waals surface area contributed by atoms with Gasteiger partial charge in [0.05, 0.1) is 16.5 Å².